The van der Waals surface area contributed by atoms with Crippen molar-refractivity contribution in [3.05, 3.63) is 0 Å². The minimum atomic E-state index is -0.666. The number of carbonyl (C=O) groups is 1. The first-order valence-electron chi connectivity index (χ1n) is 6.95. The minimum absolute atomic E-state index is 0.301. The van der Waals surface area contributed by atoms with E-state index in [1.807, 2.05) is 0 Å². The molecule has 0 aromatic rings. The van der Waals surface area contributed by atoms with Gasteiger partial charge in [0, 0.05) is 25.0 Å². The van der Waals surface area contributed by atoms with Crippen LogP contribution in [0.4, 0.5) is 0 Å². The highest BCUT2D eigenvalue weighted by Gasteiger charge is 2.29. The summed E-state index contributed by atoms with van der Waals surface area (Å²) < 4.78 is 0. The molecule has 4 heteroatoms. The van der Waals surface area contributed by atoms with E-state index in [4.69, 9.17) is 5.11 Å². The van der Waals surface area contributed by atoms with Crippen molar-refractivity contribution < 1.29 is 9.90 Å². The zero-order valence-electron chi connectivity index (χ0n) is 10.5. The molecule has 2 aliphatic rings. The summed E-state index contributed by atoms with van der Waals surface area (Å²) in [7, 11) is 0. The monoisotopic (exact) mass is 240 g/mol. The van der Waals surface area contributed by atoms with Crippen molar-refractivity contribution in [2.24, 2.45) is 0 Å². The molecule has 1 saturated carbocycles. The first kappa shape index (κ1) is 12.8. The third-order valence-electron chi connectivity index (χ3n) is 4.10. The van der Waals surface area contributed by atoms with Gasteiger partial charge in [-0.05, 0) is 38.8 Å². The largest absolute Gasteiger partial charge is 0.481 e. The molecule has 1 unspecified atom stereocenters. The summed E-state index contributed by atoms with van der Waals surface area (Å²) in [6.45, 7) is 3.18. The smallest absolute Gasteiger partial charge is 0.303 e. The third-order valence-corrected chi connectivity index (χ3v) is 4.10. The average Bonchev–Trinajstić information content (AvgIpc) is 2.72. The van der Waals surface area contributed by atoms with Crippen molar-refractivity contribution in [3.63, 3.8) is 0 Å². The van der Waals surface area contributed by atoms with Crippen LogP contribution in [0.25, 0.3) is 0 Å². The molecule has 0 aromatic heterocycles. The van der Waals surface area contributed by atoms with Gasteiger partial charge >= 0.3 is 5.97 Å². The van der Waals surface area contributed by atoms with Gasteiger partial charge in [-0.2, -0.15) is 0 Å². The molecule has 0 radical (unpaired) electrons. The number of hydrogen-bond acceptors (Lipinski definition) is 3. The van der Waals surface area contributed by atoms with Gasteiger partial charge in [-0.15, -0.1) is 0 Å². The van der Waals surface area contributed by atoms with E-state index in [2.05, 4.69) is 10.2 Å². The number of nitrogens with zero attached hydrogens (tertiary/aromatic N) is 1. The molecular formula is C13H24N2O2. The van der Waals surface area contributed by atoms with E-state index in [0.717, 1.165) is 26.1 Å². The fourth-order valence-corrected chi connectivity index (χ4v) is 3.23. The predicted octanol–water partition coefficient (Wildman–Crippen LogP) is 1.46. The molecule has 1 saturated heterocycles. The van der Waals surface area contributed by atoms with Gasteiger partial charge < -0.3 is 10.4 Å². The average molecular weight is 240 g/mol. The molecule has 1 aliphatic heterocycles. The molecule has 2 fully saturated rings. The predicted molar refractivity (Wildman–Crippen MR) is 67.1 cm³/mol. The Hall–Kier alpha value is -0.610. The Kier molecular flexibility index (Phi) is 4.80. The van der Waals surface area contributed by atoms with Gasteiger partial charge in [0.1, 0.15) is 0 Å². The quantitative estimate of drug-likeness (QED) is 0.781. The number of carboxylic acid groups (broad SMARTS) is 1. The van der Waals surface area contributed by atoms with Crippen molar-refractivity contribution in [2.45, 2.75) is 57.0 Å². The molecule has 98 valence electrons. The number of carboxylic acids is 1. The van der Waals surface area contributed by atoms with Crippen LogP contribution in [0, 0.1) is 0 Å². The molecule has 2 N–H and O–H groups in total. The van der Waals surface area contributed by atoms with Gasteiger partial charge in [-0.25, -0.2) is 0 Å². The van der Waals surface area contributed by atoms with Crippen LogP contribution in [-0.2, 0) is 4.79 Å². The summed E-state index contributed by atoms with van der Waals surface area (Å²) in [6, 6.07) is 1.14. The molecule has 0 spiro atoms. The Labute approximate surface area is 103 Å². The second-order valence-corrected chi connectivity index (χ2v) is 5.32. The van der Waals surface area contributed by atoms with Crippen molar-refractivity contribution in [3.8, 4) is 0 Å². The molecule has 4 nitrogen and oxygen atoms in total. The van der Waals surface area contributed by atoms with Crippen molar-refractivity contribution >= 4 is 5.97 Å². The first-order chi connectivity index (χ1) is 8.27. The summed E-state index contributed by atoms with van der Waals surface area (Å²) in [5.41, 5.74) is 0. The lowest BCUT2D eigenvalue weighted by Crippen LogP contribution is -2.45. The van der Waals surface area contributed by atoms with Crippen LogP contribution in [0.3, 0.4) is 0 Å². The van der Waals surface area contributed by atoms with Gasteiger partial charge in [0.15, 0.2) is 0 Å². The minimum Gasteiger partial charge on any atom is -0.481 e. The highest BCUT2D eigenvalue weighted by atomic mass is 16.4. The van der Waals surface area contributed by atoms with Crippen LogP contribution in [0.1, 0.15) is 44.9 Å². The fourth-order valence-electron chi connectivity index (χ4n) is 3.23. The maximum absolute atomic E-state index is 10.7. The SMILES string of the molecule is O=C(O)CCC1CNCCCN1C1CCCC1. The van der Waals surface area contributed by atoms with E-state index < -0.39 is 5.97 Å². The summed E-state index contributed by atoms with van der Waals surface area (Å²) in [6.07, 6.45) is 7.60. The van der Waals surface area contributed by atoms with E-state index in [1.165, 1.54) is 32.1 Å². The van der Waals surface area contributed by atoms with Crippen LogP contribution in [0.2, 0.25) is 0 Å². The zero-order chi connectivity index (χ0) is 12.1. The maximum Gasteiger partial charge on any atom is 0.303 e. The maximum atomic E-state index is 10.7. The Balaban J connectivity index is 1.93. The van der Waals surface area contributed by atoms with E-state index in [9.17, 15) is 4.79 Å². The Morgan fingerprint density at radius 3 is 2.76 bits per heavy atom. The summed E-state index contributed by atoms with van der Waals surface area (Å²) in [4.78, 5) is 13.3. The zero-order valence-corrected chi connectivity index (χ0v) is 10.5. The van der Waals surface area contributed by atoms with E-state index in [0.29, 0.717) is 18.5 Å². The molecule has 2 rings (SSSR count). The van der Waals surface area contributed by atoms with Crippen LogP contribution in [0.5, 0.6) is 0 Å². The van der Waals surface area contributed by atoms with Gasteiger partial charge in [-0.3, -0.25) is 9.69 Å². The van der Waals surface area contributed by atoms with Crippen LogP contribution in [-0.4, -0.2) is 47.7 Å². The van der Waals surface area contributed by atoms with Gasteiger partial charge in [-0.1, -0.05) is 12.8 Å². The molecule has 1 heterocycles. The van der Waals surface area contributed by atoms with Gasteiger partial charge in [0.2, 0.25) is 0 Å². The van der Waals surface area contributed by atoms with Crippen molar-refractivity contribution in [2.75, 3.05) is 19.6 Å². The highest BCUT2D eigenvalue weighted by molar-refractivity contribution is 5.66. The number of nitrogens with one attached hydrogen (secondary N) is 1. The molecule has 0 aromatic carbocycles. The lowest BCUT2D eigenvalue weighted by Gasteiger charge is -2.34. The normalized spacial score (nSPS) is 28.1. The fraction of sp³-hybridized carbons (Fsp3) is 0.923. The molecule has 0 bridgehead atoms. The Morgan fingerprint density at radius 1 is 1.29 bits per heavy atom. The van der Waals surface area contributed by atoms with Crippen molar-refractivity contribution in [1.82, 2.24) is 10.2 Å². The summed E-state index contributed by atoms with van der Waals surface area (Å²) in [5, 5.41) is 12.3. The topological polar surface area (TPSA) is 52.6 Å². The molecule has 1 atom stereocenters. The molecule has 1 aliphatic carbocycles. The second kappa shape index (κ2) is 6.36. The van der Waals surface area contributed by atoms with E-state index in [-0.39, 0.29) is 0 Å². The van der Waals surface area contributed by atoms with Crippen molar-refractivity contribution in [1.29, 1.82) is 0 Å². The van der Waals surface area contributed by atoms with E-state index in [1.54, 1.807) is 0 Å². The van der Waals surface area contributed by atoms with Gasteiger partial charge in [0.05, 0.1) is 0 Å². The van der Waals surface area contributed by atoms with E-state index >= 15 is 0 Å². The third kappa shape index (κ3) is 3.68. The molecule has 17 heavy (non-hydrogen) atoms. The lowest BCUT2D eigenvalue weighted by molar-refractivity contribution is -0.137. The molecular weight excluding hydrogens is 216 g/mol. The summed E-state index contributed by atoms with van der Waals surface area (Å²) in [5.74, 6) is -0.666. The first-order valence-corrected chi connectivity index (χ1v) is 6.95. The van der Waals surface area contributed by atoms with Crippen LogP contribution >= 0.6 is 0 Å². The second-order valence-electron chi connectivity index (χ2n) is 5.32. The molecule has 0 amide bonds. The highest BCUT2D eigenvalue weighted by Crippen LogP contribution is 2.27. The Morgan fingerprint density at radius 2 is 2.06 bits per heavy atom. The standard InChI is InChI=1S/C13H24N2O2/c16-13(17)7-6-12-10-14-8-3-9-15(12)11-4-1-2-5-11/h11-12,14H,1-10H2,(H,16,17). The van der Waals surface area contributed by atoms with Gasteiger partial charge in [0.25, 0.3) is 0 Å². The van der Waals surface area contributed by atoms with Crippen LogP contribution in [0.15, 0.2) is 0 Å². The van der Waals surface area contributed by atoms with Crippen LogP contribution < -0.4 is 5.32 Å². The Bertz CT molecular complexity index is 252. The number of hydrogen-bond donors (Lipinski definition) is 2. The number of aliphatic carboxylic acids is 1. The summed E-state index contributed by atoms with van der Waals surface area (Å²) >= 11 is 0. The number of rotatable bonds is 4. The lowest BCUT2D eigenvalue weighted by atomic mass is 10.1.